The van der Waals surface area contributed by atoms with Crippen molar-refractivity contribution in [2.45, 2.75) is 39.0 Å². The third-order valence-corrected chi connectivity index (χ3v) is 2.95. The van der Waals surface area contributed by atoms with Gasteiger partial charge in [-0.2, -0.15) is 0 Å². The molecule has 0 bridgehead atoms. The highest BCUT2D eigenvalue weighted by Gasteiger charge is 2.20. The van der Waals surface area contributed by atoms with Gasteiger partial charge in [-0.25, -0.2) is 0 Å². The summed E-state index contributed by atoms with van der Waals surface area (Å²) in [5.41, 5.74) is 0. The molecular formula is C12H23NO2. The topological polar surface area (TPSA) is 29.5 Å². The Morgan fingerprint density at radius 2 is 2.20 bits per heavy atom. The van der Waals surface area contributed by atoms with Gasteiger partial charge in [0, 0.05) is 6.54 Å². The predicted molar refractivity (Wildman–Crippen MR) is 60.7 cm³/mol. The number of hydrogen-bond donors (Lipinski definition) is 0. The van der Waals surface area contributed by atoms with Crippen LogP contribution in [0.3, 0.4) is 0 Å². The molecule has 0 radical (unpaired) electrons. The van der Waals surface area contributed by atoms with E-state index < -0.39 is 0 Å². The lowest BCUT2D eigenvalue weighted by Gasteiger charge is -2.29. The van der Waals surface area contributed by atoms with Crippen LogP contribution in [-0.2, 0) is 9.53 Å². The lowest BCUT2D eigenvalue weighted by Crippen LogP contribution is -2.34. The molecule has 0 spiro atoms. The van der Waals surface area contributed by atoms with E-state index in [4.69, 9.17) is 4.74 Å². The average Bonchev–Trinajstić information content (AvgIpc) is 2.12. The van der Waals surface area contributed by atoms with Crippen molar-refractivity contribution in [3.8, 4) is 0 Å². The van der Waals surface area contributed by atoms with Crippen molar-refractivity contribution in [1.29, 1.82) is 0 Å². The highest BCUT2D eigenvalue weighted by molar-refractivity contribution is 5.71. The Bertz CT molecular complexity index is 190. The molecule has 0 aromatic heterocycles. The van der Waals surface area contributed by atoms with Gasteiger partial charge in [0.1, 0.15) is 0 Å². The fraction of sp³-hybridized carbons (Fsp3) is 0.917. The smallest absolute Gasteiger partial charge is 0.320 e. The quantitative estimate of drug-likeness (QED) is 0.479. The maximum Gasteiger partial charge on any atom is 0.320 e. The highest BCUT2D eigenvalue weighted by Crippen LogP contribution is 2.26. The van der Waals surface area contributed by atoms with E-state index in [1.807, 2.05) is 7.05 Å². The Labute approximate surface area is 92.8 Å². The van der Waals surface area contributed by atoms with E-state index in [0.717, 1.165) is 25.3 Å². The maximum absolute atomic E-state index is 11.4. The second kappa shape index (κ2) is 6.83. The van der Waals surface area contributed by atoms with Crippen molar-refractivity contribution in [2.24, 2.45) is 5.92 Å². The predicted octanol–water partition coefficient (Wildman–Crippen LogP) is 2.06. The molecule has 1 saturated carbocycles. The first-order valence-electron chi connectivity index (χ1n) is 6.06. The van der Waals surface area contributed by atoms with Gasteiger partial charge in [-0.05, 0) is 32.2 Å². The van der Waals surface area contributed by atoms with Crippen LogP contribution in [-0.4, -0.2) is 37.6 Å². The first-order valence-corrected chi connectivity index (χ1v) is 6.06. The van der Waals surface area contributed by atoms with E-state index in [2.05, 4.69) is 11.8 Å². The van der Waals surface area contributed by atoms with Gasteiger partial charge in [-0.3, -0.25) is 9.69 Å². The Balaban J connectivity index is 2.02. The molecule has 1 fully saturated rings. The van der Waals surface area contributed by atoms with Crippen molar-refractivity contribution in [2.75, 3.05) is 26.7 Å². The minimum atomic E-state index is -0.0785. The summed E-state index contributed by atoms with van der Waals surface area (Å²) >= 11 is 0. The Hall–Kier alpha value is -0.570. The van der Waals surface area contributed by atoms with E-state index in [1.165, 1.54) is 19.3 Å². The number of carbonyl (C=O) groups excluding carboxylic acids is 1. The zero-order valence-corrected chi connectivity index (χ0v) is 10.00. The Morgan fingerprint density at radius 1 is 1.47 bits per heavy atom. The molecular weight excluding hydrogens is 190 g/mol. The van der Waals surface area contributed by atoms with E-state index in [1.54, 1.807) is 0 Å². The second-order valence-electron chi connectivity index (χ2n) is 4.57. The molecule has 1 rings (SSSR count). The van der Waals surface area contributed by atoms with Crippen LogP contribution in [0.5, 0.6) is 0 Å². The number of ether oxygens (including phenoxy) is 1. The first-order chi connectivity index (χ1) is 7.22. The van der Waals surface area contributed by atoms with Gasteiger partial charge < -0.3 is 4.74 Å². The lowest BCUT2D eigenvalue weighted by atomic mass is 9.85. The third-order valence-electron chi connectivity index (χ3n) is 2.95. The molecule has 3 nitrogen and oxygen atoms in total. The molecule has 88 valence electrons. The van der Waals surface area contributed by atoms with E-state index in [9.17, 15) is 4.79 Å². The number of likely N-dealkylation sites (N-methyl/N-ethyl adjacent to an activating group) is 1. The van der Waals surface area contributed by atoms with Crippen LogP contribution in [0.2, 0.25) is 0 Å². The SMILES string of the molecule is CCCCOC(=O)CN(C)CC1CCC1. The van der Waals surface area contributed by atoms with E-state index >= 15 is 0 Å². The molecule has 0 saturated heterocycles. The molecule has 0 unspecified atom stereocenters. The summed E-state index contributed by atoms with van der Waals surface area (Å²) in [5.74, 6) is 0.740. The number of carbonyl (C=O) groups is 1. The van der Waals surface area contributed by atoms with Gasteiger partial charge in [0.15, 0.2) is 0 Å². The molecule has 0 aromatic carbocycles. The summed E-state index contributed by atoms with van der Waals surface area (Å²) in [6.45, 7) is 4.16. The number of unbranched alkanes of at least 4 members (excludes halogenated alkanes) is 1. The summed E-state index contributed by atoms with van der Waals surface area (Å²) < 4.78 is 5.11. The third kappa shape index (κ3) is 5.17. The van der Waals surface area contributed by atoms with Crippen molar-refractivity contribution < 1.29 is 9.53 Å². The van der Waals surface area contributed by atoms with E-state index in [-0.39, 0.29) is 5.97 Å². The van der Waals surface area contributed by atoms with Crippen LogP contribution >= 0.6 is 0 Å². The van der Waals surface area contributed by atoms with Gasteiger partial charge in [-0.15, -0.1) is 0 Å². The normalized spacial score (nSPS) is 16.5. The molecule has 3 heteroatoms. The van der Waals surface area contributed by atoms with Crippen molar-refractivity contribution in [1.82, 2.24) is 4.90 Å². The Kier molecular flexibility index (Phi) is 5.69. The molecule has 0 aromatic rings. The van der Waals surface area contributed by atoms with Crippen LogP contribution in [0.15, 0.2) is 0 Å². The van der Waals surface area contributed by atoms with Crippen molar-refractivity contribution >= 4 is 5.97 Å². The summed E-state index contributed by atoms with van der Waals surface area (Å²) in [6.07, 6.45) is 6.06. The van der Waals surface area contributed by atoms with Crippen LogP contribution in [0, 0.1) is 5.92 Å². The minimum absolute atomic E-state index is 0.0785. The zero-order valence-electron chi connectivity index (χ0n) is 10.00. The summed E-state index contributed by atoms with van der Waals surface area (Å²) in [7, 11) is 2.00. The fourth-order valence-electron chi connectivity index (χ4n) is 1.78. The molecule has 0 N–H and O–H groups in total. The van der Waals surface area contributed by atoms with Gasteiger partial charge >= 0.3 is 5.97 Å². The molecule has 15 heavy (non-hydrogen) atoms. The average molecular weight is 213 g/mol. The van der Waals surface area contributed by atoms with Crippen LogP contribution < -0.4 is 0 Å². The largest absolute Gasteiger partial charge is 0.465 e. The maximum atomic E-state index is 11.4. The number of esters is 1. The van der Waals surface area contributed by atoms with Crippen LogP contribution in [0.1, 0.15) is 39.0 Å². The summed E-state index contributed by atoms with van der Waals surface area (Å²) in [6, 6.07) is 0. The van der Waals surface area contributed by atoms with Crippen molar-refractivity contribution in [3.63, 3.8) is 0 Å². The molecule has 0 atom stereocenters. The number of nitrogens with zero attached hydrogens (tertiary/aromatic N) is 1. The first kappa shape index (κ1) is 12.5. The monoisotopic (exact) mass is 213 g/mol. The van der Waals surface area contributed by atoms with Gasteiger partial charge in [0.05, 0.1) is 13.2 Å². The lowest BCUT2D eigenvalue weighted by molar-refractivity contribution is -0.144. The molecule has 0 aliphatic heterocycles. The van der Waals surface area contributed by atoms with Gasteiger partial charge in [0.25, 0.3) is 0 Å². The van der Waals surface area contributed by atoms with Crippen molar-refractivity contribution in [3.05, 3.63) is 0 Å². The molecule has 0 heterocycles. The second-order valence-corrected chi connectivity index (χ2v) is 4.57. The Morgan fingerprint density at radius 3 is 2.73 bits per heavy atom. The number of rotatable bonds is 7. The summed E-state index contributed by atoms with van der Waals surface area (Å²) in [4.78, 5) is 13.4. The minimum Gasteiger partial charge on any atom is -0.465 e. The van der Waals surface area contributed by atoms with E-state index in [0.29, 0.717) is 13.2 Å². The van der Waals surface area contributed by atoms with Gasteiger partial charge in [0.2, 0.25) is 0 Å². The van der Waals surface area contributed by atoms with Gasteiger partial charge in [-0.1, -0.05) is 19.8 Å². The van der Waals surface area contributed by atoms with Crippen LogP contribution in [0.4, 0.5) is 0 Å². The molecule has 1 aliphatic rings. The highest BCUT2D eigenvalue weighted by atomic mass is 16.5. The van der Waals surface area contributed by atoms with Crippen LogP contribution in [0.25, 0.3) is 0 Å². The zero-order chi connectivity index (χ0) is 11.1. The number of hydrogen-bond acceptors (Lipinski definition) is 3. The molecule has 0 amide bonds. The fourth-order valence-corrected chi connectivity index (χ4v) is 1.78. The summed E-state index contributed by atoms with van der Waals surface area (Å²) in [5, 5.41) is 0. The standard InChI is InChI=1S/C12H23NO2/c1-3-4-8-15-12(14)10-13(2)9-11-6-5-7-11/h11H,3-10H2,1-2H3. The molecule has 1 aliphatic carbocycles.